The molecule has 1 saturated heterocycles. The van der Waals surface area contributed by atoms with E-state index in [-0.39, 0.29) is 30.3 Å². The number of halogens is 2. The number of hydrogen-bond donors (Lipinski definition) is 0. The van der Waals surface area contributed by atoms with E-state index in [0.717, 1.165) is 21.8 Å². The average Bonchev–Trinajstić information content (AvgIpc) is 3.16. The van der Waals surface area contributed by atoms with Gasteiger partial charge in [-0.05, 0) is 41.8 Å². The zero-order chi connectivity index (χ0) is 18.3. The molecule has 2 amide bonds. The van der Waals surface area contributed by atoms with Crippen molar-refractivity contribution in [2.45, 2.75) is 18.2 Å². The maximum absolute atomic E-state index is 13.0. The first-order valence-corrected chi connectivity index (χ1v) is 9.53. The summed E-state index contributed by atoms with van der Waals surface area (Å²) in [7, 11) is 0. The molecule has 8 heteroatoms. The van der Waals surface area contributed by atoms with Gasteiger partial charge in [-0.2, -0.15) is 0 Å². The molecule has 0 bridgehead atoms. The molecule has 2 aromatic rings. The molecule has 1 atom stereocenters. The number of ether oxygens (including phenoxy) is 2. The van der Waals surface area contributed by atoms with Crippen LogP contribution in [-0.4, -0.2) is 28.1 Å². The first kappa shape index (κ1) is 17.4. The molecular weight excluding hydrogens is 425 g/mol. The first-order chi connectivity index (χ1) is 12.5. The van der Waals surface area contributed by atoms with E-state index in [4.69, 9.17) is 9.47 Å². The highest BCUT2D eigenvalue weighted by atomic mass is 79.9. The number of carbonyl (C=O) groups excluding carboxylic acids is 2. The molecule has 0 unspecified atom stereocenters. The van der Waals surface area contributed by atoms with Crippen LogP contribution < -0.4 is 9.47 Å². The van der Waals surface area contributed by atoms with Gasteiger partial charge in [-0.1, -0.05) is 39.8 Å². The number of carbonyl (C=O) groups is 2. The second kappa shape index (κ2) is 6.92. The number of thioether (sulfide) groups is 1. The normalized spacial score (nSPS) is 18.7. The lowest BCUT2D eigenvalue weighted by molar-refractivity contribution is -0.127. The molecule has 0 radical (unpaired) electrons. The van der Waals surface area contributed by atoms with Crippen LogP contribution in [0, 0.1) is 5.82 Å². The van der Waals surface area contributed by atoms with Gasteiger partial charge in [0.05, 0.1) is 11.8 Å². The molecule has 0 aromatic heterocycles. The van der Waals surface area contributed by atoms with Gasteiger partial charge in [-0.25, -0.2) is 4.39 Å². The highest BCUT2D eigenvalue weighted by molar-refractivity contribution is 9.10. The van der Waals surface area contributed by atoms with Crippen molar-refractivity contribution >= 4 is 38.8 Å². The maximum Gasteiger partial charge on any atom is 0.289 e. The third kappa shape index (κ3) is 3.31. The summed E-state index contributed by atoms with van der Waals surface area (Å²) in [5.41, 5.74) is 1.58. The van der Waals surface area contributed by atoms with Gasteiger partial charge in [-0.15, -0.1) is 0 Å². The van der Waals surface area contributed by atoms with Gasteiger partial charge >= 0.3 is 0 Å². The number of rotatable bonds is 4. The Labute approximate surface area is 161 Å². The summed E-state index contributed by atoms with van der Waals surface area (Å²) in [5.74, 6) is 0.690. The van der Waals surface area contributed by atoms with Crippen molar-refractivity contribution in [1.82, 2.24) is 4.90 Å². The van der Waals surface area contributed by atoms with Gasteiger partial charge in [-0.3, -0.25) is 14.5 Å². The third-order valence-corrected chi connectivity index (χ3v) is 6.02. The number of fused-ring (bicyclic) bond motifs is 1. The molecule has 4 rings (SSSR count). The summed E-state index contributed by atoms with van der Waals surface area (Å²) in [5, 5.41) is -0.791. The molecule has 5 nitrogen and oxygen atoms in total. The molecule has 1 fully saturated rings. The summed E-state index contributed by atoms with van der Waals surface area (Å²) in [6.07, 6.45) is 0.395. The van der Waals surface area contributed by atoms with Crippen LogP contribution in [0.15, 0.2) is 40.9 Å². The van der Waals surface area contributed by atoms with Gasteiger partial charge < -0.3 is 9.47 Å². The maximum atomic E-state index is 13.0. The lowest BCUT2D eigenvalue weighted by Crippen LogP contribution is -2.31. The van der Waals surface area contributed by atoms with E-state index in [2.05, 4.69) is 15.9 Å². The number of nitrogens with zero attached hydrogens (tertiary/aromatic N) is 1. The molecule has 26 heavy (non-hydrogen) atoms. The van der Waals surface area contributed by atoms with Crippen LogP contribution in [0.1, 0.15) is 11.1 Å². The molecule has 2 heterocycles. The van der Waals surface area contributed by atoms with E-state index in [1.165, 1.54) is 17.0 Å². The minimum atomic E-state index is -0.500. The molecule has 0 aliphatic carbocycles. The summed E-state index contributed by atoms with van der Waals surface area (Å²) < 4.78 is 24.5. The molecule has 0 N–H and O–H groups in total. The van der Waals surface area contributed by atoms with Crippen LogP contribution in [0.4, 0.5) is 9.18 Å². The highest BCUT2D eigenvalue weighted by Gasteiger charge is 2.39. The average molecular weight is 438 g/mol. The Morgan fingerprint density at radius 2 is 1.85 bits per heavy atom. The Hall–Kier alpha value is -2.06. The van der Waals surface area contributed by atoms with Gasteiger partial charge in [0.2, 0.25) is 12.7 Å². The fraction of sp³-hybridized carbons (Fsp3) is 0.222. The molecular formula is C18H13BrFNO4S. The number of benzene rings is 2. The highest BCUT2D eigenvalue weighted by Crippen LogP contribution is 2.39. The van der Waals surface area contributed by atoms with Gasteiger partial charge in [0.15, 0.2) is 11.5 Å². The Bertz CT molecular complexity index is 890. The number of amides is 2. The van der Waals surface area contributed by atoms with Crippen LogP contribution in [-0.2, 0) is 17.8 Å². The Morgan fingerprint density at radius 1 is 1.15 bits per heavy atom. The van der Waals surface area contributed by atoms with Crippen molar-refractivity contribution in [3.05, 3.63) is 57.8 Å². The minimum absolute atomic E-state index is 0.143. The van der Waals surface area contributed by atoms with E-state index >= 15 is 0 Å². The van der Waals surface area contributed by atoms with E-state index in [0.29, 0.717) is 23.5 Å². The fourth-order valence-electron chi connectivity index (χ4n) is 2.86. The summed E-state index contributed by atoms with van der Waals surface area (Å²) in [6, 6.07) is 9.40. The third-order valence-electron chi connectivity index (χ3n) is 4.21. The monoisotopic (exact) mass is 437 g/mol. The molecule has 2 aromatic carbocycles. The molecule has 2 aliphatic heterocycles. The van der Waals surface area contributed by atoms with Crippen molar-refractivity contribution in [3.8, 4) is 11.5 Å². The predicted octanol–water partition coefficient (Wildman–Crippen LogP) is 4.12. The van der Waals surface area contributed by atoms with Crippen molar-refractivity contribution in [2.75, 3.05) is 6.79 Å². The van der Waals surface area contributed by atoms with Crippen molar-refractivity contribution < 1.29 is 23.5 Å². The molecule has 2 aliphatic rings. The summed E-state index contributed by atoms with van der Waals surface area (Å²) in [6.45, 7) is 0.316. The summed E-state index contributed by atoms with van der Waals surface area (Å²) in [4.78, 5) is 26.2. The second-order valence-corrected chi connectivity index (χ2v) is 7.93. The molecule has 134 valence electrons. The molecule has 0 saturated carbocycles. The first-order valence-electron chi connectivity index (χ1n) is 7.86. The Kier molecular flexibility index (Phi) is 4.62. The van der Waals surface area contributed by atoms with Crippen LogP contribution in [0.25, 0.3) is 0 Å². The van der Waals surface area contributed by atoms with Gasteiger partial charge in [0.1, 0.15) is 5.82 Å². The Balaban J connectivity index is 1.50. The minimum Gasteiger partial charge on any atom is -0.454 e. The van der Waals surface area contributed by atoms with Crippen LogP contribution >= 0.6 is 27.7 Å². The standard InChI is InChI=1S/C18H13BrFNO4S/c19-13-7-15-14(24-9-25-15)5-11(13)6-16-17(22)21(18(23)26-16)8-10-1-3-12(20)4-2-10/h1-5,7,16H,6,8-9H2/t16-/m0/s1. The second-order valence-electron chi connectivity index (χ2n) is 5.92. The quantitative estimate of drug-likeness (QED) is 0.719. The van der Waals surface area contributed by atoms with Crippen molar-refractivity contribution in [3.63, 3.8) is 0 Å². The zero-order valence-electron chi connectivity index (χ0n) is 13.4. The summed E-state index contributed by atoms with van der Waals surface area (Å²) >= 11 is 4.49. The van der Waals surface area contributed by atoms with Gasteiger partial charge in [0, 0.05) is 4.47 Å². The van der Waals surface area contributed by atoms with Gasteiger partial charge in [0.25, 0.3) is 5.24 Å². The largest absolute Gasteiger partial charge is 0.454 e. The van der Waals surface area contributed by atoms with E-state index in [1.807, 2.05) is 6.07 Å². The lowest BCUT2D eigenvalue weighted by atomic mass is 10.1. The number of hydrogen-bond acceptors (Lipinski definition) is 5. The van der Waals surface area contributed by atoms with Crippen molar-refractivity contribution in [1.29, 1.82) is 0 Å². The van der Waals surface area contributed by atoms with Crippen molar-refractivity contribution in [2.24, 2.45) is 0 Å². The van der Waals surface area contributed by atoms with E-state index in [1.54, 1.807) is 18.2 Å². The zero-order valence-corrected chi connectivity index (χ0v) is 15.8. The van der Waals surface area contributed by atoms with E-state index < -0.39 is 5.25 Å². The topological polar surface area (TPSA) is 55.8 Å². The smallest absolute Gasteiger partial charge is 0.289 e. The molecule has 0 spiro atoms. The number of imide groups is 1. The van der Waals surface area contributed by atoms with E-state index in [9.17, 15) is 14.0 Å². The fourth-order valence-corrected chi connectivity index (χ4v) is 4.36. The SMILES string of the molecule is O=C1S[C@@H](Cc2cc3c(cc2Br)OCO3)C(=O)N1Cc1ccc(F)cc1. The predicted molar refractivity (Wildman–Crippen MR) is 97.7 cm³/mol. The van der Waals surface area contributed by atoms with Crippen LogP contribution in [0.3, 0.4) is 0 Å². The van der Waals surface area contributed by atoms with Crippen LogP contribution in [0.2, 0.25) is 0 Å². The van der Waals surface area contributed by atoms with Crippen LogP contribution in [0.5, 0.6) is 11.5 Å². The Morgan fingerprint density at radius 3 is 2.58 bits per heavy atom. The lowest BCUT2D eigenvalue weighted by Gasteiger charge is -2.14.